The molecule has 2 aromatic rings. The summed E-state index contributed by atoms with van der Waals surface area (Å²) in [5, 5.41) is 12.6. The summed E-state index contributed by atoms with van der Waals surface area (Å²) in [7, 11) is 0. The molecule has 0 radical (unpaired) electrons. The number of carbonyl (C=O) groups is 2. The fourth-order valence-corrected chi connectivity index (χ4v) is 5.46. The summed E-state index contributed by atoms with van der Waals surface area (Å²) in [4.78, 5) is 27.7. The van der Waals surface area contributed by atoms with Crippen molar-refractivity contribution < 1.29 is 55.2 Å². The lowest BCUT2D eigenvalue weighted by molar-refractivity contribution is -0.376. The van der Waals surface area contributed by atoms with E-state index >= 15 is 0 Å². The zero-order valence-electron chi connectivity index (χ0n) is 24.4. The molecule has 2 heterocycles. The Kier molecular flexibility index (Phi) is 9.34. The number of rotatable bonds is 11. The van der Waals surface area contributed by atoms with E-state index in [1.165, 1.54) is 0 Å². The number of fused-ring (bicyclic) bond motifs is 1. The Bertz CT molecular complexity index is 1360. The molecule has 0 aliphatic carbocycles. The number of alkyl halides is 6. The van der Waals surface area contributed by atoms with E-state index in [9.17, 15) is 41.0 Å². The van der Waals surface area contributed by atoms with Crippen LogP contribution in [0.5, 0.6) is 17.2 Å². The summed E-state index contributed by atoms with van der Waals surface area (Å²) in [6, 6.07) is 6.72. The van der Waals surface area contributed by atoms with E-state index in [-0.39, 0.29) is 36.8 Å². The number of carbonyl (C=O) groups excluding carboxylic acids is 2. The van der Waals surface area contributed by atoms with Gasteiger partial charge in [-0.3, -0.25) is 9.69 Å². The van der Waals surface area contributed by atoms with Crippen molar-refractivity contribution in [2.24, 2.45) is 5.92 Å². The number of imide groups is 1. The van der Waals surface area contributed by atoms with E-state index in [1.807, 2.05) is 13.8 Å². The lowest BCUT2D eigenvalue weighted by atomic mass is 9.79. The molecule has 14 heteroatoms. The van der Waals surface area contributed by atoms with E-state index in [4.69, 9.17) is 14.2 Å². The number of amides is 3. The number of aliphatic hydroxyl groups is 1. The molecular weight excluding hydrogens is 598 g/mol. The van der Waals surface area contributed by atoms with Crippen molar-refractivity contribution in [3.63, 3.8) is 0 Å². The van der Waals surface area contributed by atoms with Crippen LogP contribution in [0.25, 0.3) is 0 Å². The van der Waals surface area contributed by atoms with E-state index in [0.717, 1.165) is 11.0 Å². The van der Waals surface area contributed by atoms with E-state index in [0.29, 0.717) is 61.7 Å². The van der Waals surface area contributed by atoms with Crippen LogP contribution in [-0.2, 0) is 22.4 Å². The van der Waals surface area contributed by atoms with Crippen molar-refractivity contribution in [2.45, 2.75) is 69.9 Å². The zero-order valence-corrected chi connectivity index (χ0v) is 24.4. The number of urea groups is 1. The molecule has 0 bridgehead atoms. The molecule has 242 valence electrons. The molecule has 0 saturated carbocycles. The summed E-state index contributed by atoms with van der Waals surface area (Å²) in [6.07, 6.45) is -10.9. The minimum Gasteiger partial charge on any atom is -0.493 e. The van der Waals surface area contributed by atoms with E-state index in [2.05, 4.69) is 5.32 Å². The number of hydrogen-bond donors (Lipinski definition) is 2. The van der Waals surface area contributed by atoms with Gasteiger partial charge in [0.05, 0.1) is 6.61 Å². The fraction of sp³-hybridized carbons (Fsp3) is 0.533. The van der Waals surface area contributed by atoms with Crippen molar-refractivity contribution in [2.75, 3.05) is 26.4 Å². The smallest absolute Gasteiger partial charge is 0.430 e. The van der Waals surface area contributed by atoms with Gasteiger partial charge in [0, 0.05) is 12.1 Å². The first kappa shape index (κ1) is 33.2. The second-order valence-electron chi connectivity index (χ2n) is 11.0. The van der Waals surface area contributed by atoms with E-state index < -0.39 is 41.0 Å². The lowest BCUT2D eigenvalue weighted by Gasteiger charge is -2.33. The molecule has 0 spiro atoms. The molecule has 3 amide bonds. The van der Waals surface area contributed by atoms with Crippen molar-refractivity contribution in [1.82, 2.24) is 10.2 Å². The van der Waals surface area contributed by atoms with Crippen molar-refractivity contribution >= 4 is 11.9 Å². The second-order valence-corrected chi connectivity index (χ2v) is 11.0. The molecule has 44 heavy (non-hydrogen) atoms. The number of unbranched alkanes of at least 4 members (excludes halogenated alkanes) is 1. The van der Waals surface area contributed by atoms with Gasteiger partial charge in [-0.05, 0) is 60.6 Å². The first-order valence-electron chi connectivity index (χ1n) is 14.2. The third-order valence-electron chi connectivity index (χ3n) is 7.85. The van der Waals surface area contributed by atoms with Gasteiger partial charge in [-0.1, -0.05) is 39.3 Å². The van der Waals surface area contributed by atoms with Gasteiger partial charge in [-0.2, -0.15) is 26.3 Å². The number of aryl methyl sites for hydroxylation is 1. The summed E-state index contributed by atoms with van der Waals surface area (Å²) < 4.78 is 97.1. The van der Waals surface area contributed by atoms with Gasteiger partial charge in [0.25, 0.3) is 11.5 Å². The Morgan fingerprint density at radius 3 is 2.25 bits per heavy atom. The fourth-order valence-electron chi connectivity index (χ4n) is 5.46. The summed E-state index contributed by atoms with van der Waals surface area (Å²) >= 11 is 0. The Hall–Kier alpha value is -3.68. The lowest BCUT2D eigenvalue weighted by Crippen LogP contribution is -2.53. The predicted molar refractivity (Wildman–Crippen MR) is 145 cm³/mol. The third-order valence-corrected chi connectivity index (χ3v) is 7.85. The Labute approximate surface area is 250 Å². The number of ether oxygens (including phenoxy) is 3. The highest BCUT2D eigenvalue weighted by Gasteiger charge is 2.71. The monoisotopic (exact) mass is 632 g/mol. The number of halogens is 6. The minimum absolute atomic E-state index is 0.0139. The van der Waals surface area contributed by atoms with Crippen LogP contribution in [0.2, 0.25) is 0 Å². The van der Waals surface area contributed by atoms with Gasteiger partial charge in [0.2, 0.25) is 0 Å². The van der Waals surface area contributed by atoms with Crippen molar-refractivity contribution in [1.29, 1.82) is 0 Å². The first-order chi connectivity index (χ1) is 20.6. The molecule has 0 aromatic heterocycles. The number of nitrogens with one attached hydrogen (secondary N) is 1. The topological polar surface area (TPSA) is 97.3 Å². The van der Waals surface area contributed by atoms with Crippen LogP contribution in [0.4, 0.5) is 31.1 Å². The summed E-state index contributed by atoms with van der Waals surface area (Å²) in [6.45, 7) is 6.15. The summed E-state index contributed by atoms with van der Waals surface area (Å²) in [5.41, 5.74) is -7.08. The molecule has 1 atom stereocenters. The Morgan fingerprint density at radius 2 is 1.64 bits per heavy atom. The third kappa shape index (κ3) is 5.87. The highest BCUT2D eigenvalue weighted by atomic mass is 19.4. The van der Waals surface area contributed by atoms with E-state index in [1.54, 1.807) is 25.1 Å². The van der Waals surface area contributed by atoms with Crippen molar-refractivity contribution in [3.05, 3.63) is 53.1 Å². The molecule has 2 N–H and O–H groups in total. The Balaban J connectivity index is 1.42. The highest BCUT2D eigenvalue weighted by Crippen LogP contribution is 2.50. The van der Waals surface area contributed by atoms with Crippen molar-refractivity contribution in [3.8, 4) is 17.2 Å². The molecule has 1 fully saturated rings. The van der Waals surface area contributed by atoms with Gasteiger partial charge >= 0.3 is 18.4 Å². The average Bonchev–Trinajstić information content (AvgIpc) is 3.21. The maximum absolute atomic E-state index is 13.7. The van der Waals surface area contributed by atoms with Gasteiger partial charge < -0.3 is 24.6 Å². The average molecular weight is 633 g/mol. The normalized spacial score (nSPS) is 19.0. The number of hydrogen-bond acceptors (Lipinski definition) is 6. The molecular formula is C30H34F6N2O6. The highest BCUT2D eigenvalue weighted by molar-refractivity contribution is 6.07. The molecule has 2 aliphatic rings. The SMILES string of the molecule is CCCc1cc(C(O)(C(F)(F)F)C(F)(F)F)ccc1OCCCCN1C(=O)NC(c2ccc3c(c2)OCCO3)(C(C)C)C1=O. The van der Waals surface area contributed by atoms with Crippen LogP contribution >= 0.6 is 0 Å². The number of nitrogens with zero attached hydrogens (tertiary/aromatic N) is 1. The molecule has 1 unspecified atom stereocenters. The standard InChI is InChI=1S/C30H34F6N2O6/c1-4-7-19-16-21(28(41,29(31,32)33)30(34,35)36)9-10-22(19)42-13-6-5-12-38-25(39)27(18(2)3,37-26(38)40)20-8-11-23-24(17-20)44-15-14-43-23/h8-11,16-18,41H,4-7,12-15H2,1-3H3,(H,37,40). The van der Waals surface area contributed by atoms with Gasteiger partial charge in [-0.15, -0.1) is 0 Å². The quantitative estimate of drug-likeness (QED) is 0.180. The minimum atomic E-state index is -5.99. The summed E-state index contributed by atoms with van der Waals surface area (Å²) in [5.74, 6) is 0.346. The van der Waals surface area contributed by atoms with Crippen LogP contribution in [0, 0.1) is 5.92 Å². The van der Waals surface area contributed by atoms with Crippen LogP contribution in [-0.4, -0.2) is 60.7 Å². The number of benzene rings is 2. The van der Waals surface area contributed by atoms with Gasteiger partial charge in [-0.25, -0.2) is 4.79 Å². The largest absolute Gasteiger partial charge is 0.493 e. The maximum Gasteiger partial charge on any atom is 0.430 e. The molecule has 1 saturated heterocycles. The molecule has 2 aromatic carbocycles. The van der Waals surface area contributed by atoms with Crippen LogP contribution in [0.15, 0.2) is 36.4 Å². The first-order valence-corrected chi connectivity index (χ1v) is 14.2. The predicted octanol–water partition coefficient (Wildman–Crippen LogP) is 5.98. The van der Waals surface area contributed by atoms with Gasteiger partial charge in [0.15, 0.2) is 11.5 Å². The zero-order chi connectivity index (χ0) is 32.5. The van der Waals surface area contributed by atoms with Crippen LogP contribution in [0.1, 0.15) is 56.7 Å². The maximum atomic E-state index is 13.7. The molecule has 2 aliphatic heterocycles. The van der Waals surface area contributed by atoms with Crippen LogP contribution in [0.3, 0.4) is 0 Å². The van der Waals surface area contributed by atoms with Gasteiger partial charge in [0.1, 0.15) is 24.5 Å². The van der Waals surface area contributed by atoms with Crippen LogP contribution < -0.4 is 19.5 Å². The second kappa shape index (κ2) is 12.4. The Morgan fingerprint density at radius 1 is 0.977 bits per heavy atom. The molecule has 8 nitrogen and oxygen atoms in total. The molecule has 4 rings (SSSR count).